The molecule has 3 heteroatoms. The number of hydrogen-bond acceptors (Lipinski definition) is 3. The molecule has 0 aliphatic heterocycles. The summed E-state index contributed by atoms with van der Waals surface area (Å²) in [4.78, 5) is 29.5. The number of nitrogens with zero attached hydrogens (tertiary/aromatic N) is 1. The van der Waals surface area contributed by atoms with Crippen molar-refractivity contribution in [3.05, 3.63) is 35.9 Å². The lowest BCUT2D eigenvalue weighted by atomic mass is 9.74. The van der Waals surface area contributed by atoms with Crippen molar-refractivity contribution in [3.8, 4) is 0 Å². The summed E-state index contributed by atoms with van der Waals surface area (Å²) in [6.45, 7) is 4.73. The van der Waals surface area contributed by atoms with E-state index in [1.807, 2.05) is 25.1 Å². The smallest absolute Gasteiger partial charge is 0.149 e. The molecule has 118 valence electrons. The topological polar surface area (TPSA) is 46.5 Å². The average molecular weight is 299 g/mol. The standard InChI is InChI=1S/C19H25NO2/c1-3-8-17(21)19-16(20-11-4-2)12-15(13-18(19)22)14-9-6-5-7-10-14/h5-7,9-10,15,19H,3-4,8,11-13H2,1-2H3/t15-,19-/m0/s1. The van der Waals surface area contributed by atoms with Gasteiger partial charge in [-0.1, -0.05) is 44.2 Å². The van der Waals surface area contributed by atoms with E-state index in [1.165, 1.54) is 5.56 Å². The highest BCUT2D eigenvalue weighted by Gasteiger charge is 2.38. The first-order chi connectivity index (χ1) is 10.7. The second kappa shape index (κ2) is 8.02. The molecule has 0 aromatic heterocycles. The van der Waals surface area contributed by atoms with Crippen molar-refractivity contribution in [2.75, 3.05) is 6.54 Å². The number of carbonyl (C=O) groups is 2. The molecule has 2 rings (SSSR count). The van der Waals surface area contributed by atoms with E-state index in [1.54, 1.807) is 0 Å². The Morgan fingerprint density at radius 1 is 1.14 bits per heavy atom. The van der Waals surface area contributed by atoms with Gasteiger partial charge in [0.05, 0.1) is 0 Å². The number of hydrogen-bond donors (Lipinski definition) is 0. The monoisotopic (exact) mass is 299 g/mol. The molecule has 1 fully saturated rings. The van der Waals surface area contributed by atoms with Gasteiger partial charge in [-0.3, -0.25) is 14.6 Å². The second-order valence-corrected chi connectivity index (χ2v) is 6.00. The fourth-order valence-corrected chi connectivity index (χ4v) is 3.12. The molecule has 0 N–H and O–H groups in total. The molecule has 0 saturated heterocycles. The van der Waals surface area contributed by atoms with E-state index in [2.05, 4.69) is 24.0 Å². The highest BCUT2D eigenvalue weighted by molar-refractivity contribution is 6.22. The van der Waals surface area contributed by atoms with Crippen LogP contribution < -0.4 is 0 Å². The van der Waals surface area contributed by atoms with Crippen molar-refractivity contribution in [1.29, 1.82) is 0 Å². The number of ketones is 2. The zero-order valence-electron chi connectivity index (χ0n) is 13.5. The maximum Gasteiger partial charge on any atom is 0.149 e. The minimum absolute atomic E-state index is 0.0495. The van der Waals surface area contributed by atoms with Crippen molar-refractivity contribution in [2.45, 2.75) is 51.9 Å². The van der Waals surface area contributed by atoms with Gasteiger partial charge in [0.2, 0.25) is 0 Å². The Labute approximate surface area is 132 Å². The van der Waals surface area contributed by atoms with Gasteiger partial charge >= 0.3 is 0 Å². The Morgan fingerprint density at radius 2 is 1.86 bits per heavy atom. The molecule has 0 heterocycles. The maximum absolute atomic E-state index is 12.6. The molecule has 1 aliphatic rings. The number of Topliss-reactive ketones (excluding diaryl/α,β-unsaturated/α-hetero) is 2. The van der Waals surface area contributed by atoms with E-state index in [0.717, 1.165) is 25.0 Å². The van der Waals surface area contributed by atoms with Crippen LogP contribution in [0.2, 0.25) is 0 Å². The lowest BCUT2D eigenvalue weighted by Gasteiger charge is -2.29. The average Bonchev–Trinajstić information content (AvgIpc) is 2.53. The van der Waals surface area contributed by atoms with Crippen LogP contribution in [-0.4, -0.2) is 23.8 Å². The van der Waals surface area contributed by atoms with Crippen LogP contribution in [0.25, 0.3) is 0 Å². The van der Waals surface area contributed by atoms with Crippen LogP contribution in [0.3, 0.4) is 0 Å². The summed E-state index contributed by atoms with van der Waals surface area (Å²) in [5.74, 6) is -0.316. The van der Waals surface area contributed by atoms with Crippen LogP contribution in [0.1, 0.15) is 57.4 Å². The van der Waals surface area contributed by atoms with E-state index in [-0.39, 0.29) is 17.5 Å². The molecule has 0 unspecified atom stereocenters. The van der Waals surface area contributed by atoms with E-state index >= 15 is 0 Å². The fourth-order valence-electron chi connectivity index (χ4n) is 3.12. The summed E-state index contributed by atoms with van der Waals surface area (Å²) in [5, 5.41) is 0. The number of benzene rings is 1. The lowest BCUT2D eigenvalue weighted by Crippen LogP contribution is -2.38. The van der Waals surface area contributed by atoms with Crippen LogP contribution in [0.15, 0.2) is 35.3 Å². The Hall–Kier alpha value is -1.77. The summed E-state index contributed by atoms with van der Waals surface area (Å²) < 4.78 is 0. The summed E-state index contributed by atoms with van der Waals surface area (Å²) in [6.07, 6.45) is 3.37. The third-order valence-corrected chi connectivity index (χ3v) is 4.19. The summed E-state index contributed by atoms with van der Waals surface area (Å²) >= 11 is 0. The predicted molar refractivity (Wildman–Crippen MR) is 89.4 cm³/mol. The molecule has 0 spiro atoms. The molecular formula is C19H25NO2. The first-order valence-electron chi connectivity index (χ1n) is 8.30. The second-order valence-electron chi connectivity index (χ2n) is 6.00. The Bertz CT molecular complexity index is 548. The van der Waals surface area contributed by atoms with Gasteiger partial charge in [-0.15, -0.1) is 0 Å². The summed E-state index contributed by atoms with van der Waals surface area (Å²) in [5.41, 5.74) is 1.98. The Kier molecular flexibility index (Phi) is 6.05. The van der Waals surface area contributed by atoms with Crippen LogP contribution in [0.4, 0.5) is 0 Å². The molecule has 1 aromatic carbocycles. The molecule has 3 nitrogen and oxygen atoms in total. The minimum Gasteiger partial charge on any atom is -0.298 e. The summed E-state index contributed by atoms with van der Waals surface area (Å²) in [6, 6.07) is 10.1. The Balaban J connectivity index is 2.24. The quantitative estimate of drug-likeness (QED) is 0.746. The van der Waals surface area contributed by atoms with Gasteiger partial charge in [0.15, 0.2) is 0 Å². The zero-order valence-corrected chi connectivity index (χ0v) is 13.5. The third kappa shape index (κ3) is 3.90. The highest BCUT2D eigenvalue weighted by Crippen LogP contribution is 2.33. The van der Waals surface area contributed by atoms with Crippen LogP contribution in [0, 0.1) is 5.92 Å². The van der Waals surface area contributed by atoms with Crippen molar-refractivity contribution in [3.63, 3.8) is 0 Å². The van der Waals surface area contributed by atoms with Crippen molar-refractivity contribution in [2.24, 2.45) is 10.9 Å². The van der Waals surface area contributed by atoms with Crippen molar-refractivity contribution in [1.82, 2.24) is 0 Å². The molecule has 0 radical (unpaired) electrons. The molecule has 1 aliphatic carbocycles. The zero-order chi connectivity index (χ0) is 15.9. The van der Waals surface area contributed by atoms with Crippen LogP contribution >= 0.6 is 0 Å². The number of aliphatic imine (C=N–C) groups is 1. The molecule has 0 amide bonds. The van der Waals surface area contributed by atoms with Crippen LogP contribution in [-0.2, 0) is 9.59 Å². The molecule has 0 bridgehead atoms. The van der Waals surface area contributed by atoms with Crippen LogP contribution in [0.5, 0.6) is 0 Å². The van der Waals surface area contributed by atoms with E-state index in [9.17, 15) is 9.59 Å². The molecule has 1 saturated carbocycles. The lowest BCUT2D eigenvalue weighted by molar-refractivity contribution is -0.130. The largest absolute Gasteiger partial charge is 0.298 e. The van der Waals surface area contributed by atoms with Gasteiger partial charge in [-0.05, 0) is 30.7 Å². The van der Waals surface area contributed by atoms with Gasteiger partial charge < -0.3 is 0 Å². The summed E-state index contributed by atoms with van der Waals surface area (Å²) in [7, 11) is 0. The molecular weight excluding hydrogens is 274 g/mol. The van der Waals surface area contributed by atoms with Crippen molar-refractivity contribution >= 4 is 17.3 Å². The van der Waals surface area contributed by atoms with Gasteiger partial charge in [0.25, 0.3) is 0 Å². The normalized spacial score (nSPS) is 23.7. The van der Waals surface area contributed by atoms with Gasteiger partial charge in [0, 0.05) is 25.1 Å². The van der Waals surface area contributed by atoms with Gasteiger partial charge in [-0.25, -0.2) is 0 Å². The number of rotatable bonds is 6. The van der Waals surface area contributed by atoms with Gasteiger partial charge in [0.1, 0.15) is 17.5 Å². The Morgan fingerprint density at radius 3 is 2.50 bits per heavy atom. The van der Waals surface area contributed by atoms with E-state index < -0.39 is 5.92 Å². The first kappa shape index (κ1) is 16.6. The minimum atomic E-state index is -0.577. The van der Waals surface area contributed by atoms with E-state index in [0.29, 0.717) is 19.4 Å². The molecule has 1 aromatic rings. The van der Waals surface area contributed by atoms with E-state index in [4.69, 9.17) is 0 Å². The van der Waals surface area contributed by atoms with Crippen molar-refractivity contribution < 1.29 is 9.59 Å². The maximum atomic E-state index is 12.6. The fraction of sp³-hybridized carbons (Fsp3) is 0.526. The predicted octanol–water partition coefficient (Wildman–Crippen LogP) is 3.97. The highest BCUT2D eigenvalue weighted by atomic mass is 16.2. The first-order valence-corrected chi connectivity index (χ1v) is 8.30. The third-order valence-electron chi connectivity index (χ3n) is 4.19. The number of carbonyl (C=O) groups excluding carboxylic acids is 2. The molecule has 22 heavy (non-hydrogen) atoms. The SMILES string of the molecule is CCCN=C1C[C@H](c2ccccc2)CC(=O)[C@@H]1C(=O)CCC. The van der Waals surface area contributed by atoms with Gasteiger partial charge in [-0.2, -0.15) is 0 Å². The molecule has 2 atom stereocenters.